The predicted octanol–water partition coefficient (Wildman–Crippen LogP) is 3.40. The van der Waals surface area contributed by atoms with E-state index in [1.54, 1.807) is 0 Å². The van der Waals surface area contributed by atoms with E-state index in [1.807, 2.05) is 0 Å². The molecule has 0 heterocycles. The molecule has 0 aliphatic heterocycles. The van der Waals surface area contributed by atoms with E-state index in [-0.39, 0.29) is 0 Å². The molecule has 2 aromatic carbocycles. The molecule has 0 saturated heterocycles. The van der Waals surface area contributed by atoms with Crippen LogP contribution < -0.4 is 10.6 Å². The Morgan fingerprint density at radius 3 is 2.58 bits per heavy atom. The molecule has 0 atom stereocenters. The SMILES string of the molecule is Cc1ccc(C)c(CN(C)c2cccc(CN)c2)c1. The molecule has 0 spiro atoms. The average Bonchev–Trinajstić information content (AvgIpc) is 2.43. The molecule has 0 bridgehead atoms. The van der Waals surface area contributed by atoms with Gasteiger partial charge in [0.15, 0.2) is 0 Å². The Kier molecular flexibility index (Phi) is 4.23. The Balaban J connectivity index is 2.20. The van der Waals surface area contributed by atoms with Gasteiger partial charge in [-0.2, -0.15) is 0 Å². The minimum atomic E-state index is 0.588. The standard InChI is InChI=1S/C17H22N2/c1-13-7-8-14(2)16(9-13)12-19(3)17-6-4-5-15(10-17)11-18/h4-10H,11-12,18H2,1-3H3. The molecule has 2 N–H and O–H groups in total. The summed E-state index contributed by atoms with van der Waals surface area (Å²) in [5.74, 6) is 0. The molecule has 2 heteroatoms. The summed E-state index contributed by atoms with van der Waals surface area (Å²) in [6.07, 6.45) is 0. The lowest BCUT2D eigenvalue weighted by Gasteiger charge is -2.21. The molecular weight excluding hydrogens is 232 g/mol. The van der Waals surface area contributed by atoms with E-state index in [0.717, 1.165) is 6.54 Å². The Morgan fingerprint density at radius 2 is 1.84 bits per heavy atom. The van der Waals surface area contributed by atoms with Crippen LogP contribution in [0.4, 0.5) is 5.69 Å². The van der Waals surface area contributed by atoms with Crippen LogP contribution in [0.5, 0.6) is 0 Å². The normalized spacial score (nSPS) is 10.5. The summed E-state index contributed by atoms with van der Waals surface area (Å²) in [6.45, 7) is 5.81. The van der Waals surface area contributed by atoms with Crippen molar-refractivity contribution in [3.05, 3.63) is 64.7 Å². The van der Waals surface area contributed by atoms with Crippen LogP contribution in [0, 0.1) is 13.8 Å². The molecule has 2 rings (SSSR count). The molecule has 2 nitrogen and oxygen atoms in total. The van der Waals surface area contributed by atoms with Crippen molar-refractivity contribution >= 4 is 5.69 Å². The van der Waals surface area contributed by atoms with Crippen LogP contribution in [0.25, 0.3) is 0 Å². The van der Waals surface area contributed by atoms with E-state index < -0.39 is 0 Å². The van der Waals surface area contributed by atoms with Gasteiger partial charge < -0.3 is 10.6 Å². The maximum Gasteiger partial charge on any atom is 0.0428 e. The van der Waals surface area contributed by atoms with Gasteiger partial charge in [0.1, 0.15) is 0 Å². The number of hydrogen-bond acceptors (Lipinski definition) is 2. The number of benzene rings is 2. The Morgan fingerprint density at radius 1 is 1.05 bits per heavy atom. The predicted molar refractivity (Wildman–Crippen MR) is 82.4 cm³/mol. The fourth-order valence-corrected chi connectivity index (χ4v) is 2.24. The van der Waals surface area contributed by atoms with Gasteiger partial charge in [0, 0.05) is 25.8 Å². The van der Waals surface area contributed by atoms with E-state index >= 15 is 0 Å². The lowest BCUT2D eigenvalue weighted by Crippen LogP contribution is -2.17. The molecule has 0 saturated carbocycles. The number of rotatable bonds is 4. The molecule has 19 heavy (non-hydrogen) atoms. The third-order valence-electron chi connectivity index (χ3n) is 3.50. The molecule has 0 aliphatic carbocycles. The summed E-state index contributed by atoms with van der Waals surface area (Å²) in [6, 6.07) is 15.0. The van der Waals surface area contributed by atoms with E-state index in [2.05, 4.69) is 68.3 Å². The first-order valence-electron chi connectivity index (χ1n) is 6.66. The van der Waals surface area contributed by atoms with Crippen molar-refractivity contribution in [3.8, 4) is 0 Å². The van der Waals surface area contributed by atoms with Gasteiger partial charge in [-0.1, -0.05) is 35.9 Å². The molecule has 0 amide bonds. The van der Waals surface area contributed by atoms with Gasteiger partial charge in [0.2, 0.25) is 0 Å². The van der Waals surface area contributed by atoms with Gasteiger partial charge >= 0.3 is 0 Å². The van der Waals surface area contributed by atoms with Crippen molar-refractivity contribution in [3.63, 3.8) is 0 Å². The number of nitrogens with two attached hydrogens (primary N) is 1. The lowest BCUT2D eigenvalue weighted by molar-refractivity contribution is 0.909. The zero-order valence-electron chi connectivity index (χ0n) is 12.0. The largest absolute Gasteiger partial charge is 0.370 e. The van der Waals surface area contributed by atoms with Crippen molar-refractivity contribution in [1.82, 2.24) is 0 Å². The minimum Gasteiger partial charge on any atom is -0.370 e. The van der Waals surface area contributed by atoms with Crippen molar-refractivity contribution in [1.29, 1.82) is 0 Å². The highest BCUT2D eigenvalue weighted by Gasteiger charge is 2.05. The lowest BCUT2D eigenvalue weighted by atomic mass is 10.0. The summed E-state index contributed by atoms with van der Waals surface area (Å²) >= 11 is 0. The molecule has 2 aromatic rings. The van der Waals surface area contributed by atoms with Crippen molar-refractivity contribution < 1.29 is 0 Å². The van der Waals surface area contributed by atoms with E-state index in [1.165, 1.54) is 27.9 Å². The van der Waals surface area contributed by atoms with Gasteiger partial charge in [0.05, 0.1) is 0 Å². The van der Waals surface area contributed by atoms with E-state index in [9.17, 15) is 0 Å². The fourth-order valence-electron chi connectivity index (χ4n) is 2.24. The zero-order valence-corrected chi connectivity index (χ0v) is 12.0. The first kappa shape index (κ1) is 13.6. The molecule has 100 valence electrons. The molecule has 0 aromatic heterocycles. The fraction of sp³-hybridized carbons (Fsp3) is 0.294. The highest BCUT2D eigenvalue weighted by atomic mass is 15.1. The van der Waals surface area contributed by atoms with Crippen molar-refractivity contribution in [2.24, 2.45) is 5.73 Å². The molecule has 0 radical (unpaired) electrons. The van der Waals surface area contributed by atoms with Crippen LogP contribution in [0.1, 0.15) is 22.3 Å². The van der Waals surface area contributed by atoms with Gasteiger partial charge in [-0.05, 0) is 42.7 Å². The van der Waals surface area contributed by atoms with Gasteiger partial charge in [-0.25, -0.2) is 0 Å². The average molecular weight is 254 g/mol. The maximum atomic E-state index is 5.70. The monoisotopic (exact) mass is 254 g/mol. The third kappa shape index (κ3) is 3.36. The number of nitrogens with zero attached hydrogens (tertiary/aromatic N) is 1. The molecule has 0 aliphatic rings. The summed E-state index contributed by atoms with van der Waals surface area (Å²) in [7, 11) is 2.12. The van der Waals surface area contributed by atoms with Gasteiger partial charge in [-0.15, -0.1) is 0 Å². The number of aryl methyl sites for hydroxylation is 2. The summed E-state index contributed by atoms with van der Waals surface area (Å²) in [5.41, 5.74) is 12.1. The number of anilines is 1. The smallest absolute Gasteiger partial charge is 0.0428 e. The van der Waals surface area contributed by atoms with Crippen LogP contribution in [0.3, 0.4) is 0 Å². The van der Waals surface area contributed by atoms with E-state index in [4.69, 9.17) is 5.73 Å². The Bertz CT molecular complexity index is 561. The molecule has 0 fully saturated rings. The van der Waals surface area contributed by atoms with Gasteiger partial charge in [0.25, 0.3) is 0 Å². The maximum absolute atomic E-state index is 5.70. The topological polar surface area (TPSA) is 29.3 Å². The first-order chi connectivity index (χ1) is 9.10. The van der Waals surface area contributed by atoms with Crippen molar-refractivity contribution in [2.45, 2.75) is 26.9 Å². The second-order valence-corrected chi connectivity index (χ2v) is 5.16. The van der Waals surface area contributed by atoms with Crippen LogP contribution in [-0.4, -0.2) is 7.05 Å². The minimum absolute atomic E-state index is 0.588. The molecular formula is C17H22N2. The Hall–Kier alpha value is -1.80. The van der Waals surface area contributed by atoms with Gasteiger partial charge in [-0.3, -0.25) is 0 Å². The summed E-state index contributed by atoms with van der Waals surface area (Å²) in [4.78, 5) is 2.26. The Labute approximate surface area is 115 Å². The van der Waals surface area contributed by atoms with Crippen LogP contribution in [0.2, 0.25) is 0 Å². The van der Waals surface area contributed by atoms with E-state index in [0.29, 0.717) is 6.54 Å². The van der Waals surface area contributed by atoms with Crippen molar-refractivity contribution in [2.75, 3.05) is 11.9 Å². The third-order valence-corrected chi connectivity index (χ3v) is 3.50. The number of hydrogen-bond donors (Lipinski definition) is 1. The van der Waals surface area contributed by atoms with Crippen LogP contribution in [0.15, 0.2) is 42.5 Å². The molecule has 0 unspecified atom stereocenters. The second-order valence-electron chi connectivity index (χ2n) is 5.16. The second kappa shape index (κ2) is 5.89. The summed E-state index contributed by atoms with van der Waals surface area (Å²) in [5, 5.41) is 0. The van der Waals surface area contributed by atoms with Crippen LogP contribution >= 0.6 is 0 Å². The highest BCUT2D eigenvalue weighted by molar-refractivity contribution is 5.49. The van der Waals surface area contributed by atoms with Crippen LogP contribution in [-0.2, 0) is 13.1 Å². The highest BCUT2D eigenvalue weighted by Crippen LogP contribution is 2.19. The summed E-state index contributed by atoms with van der Waals surface area (Å²) < 4.78 is 0. The zero-order chi connectivity index (χ0) is 13.8. The first-order valence-corrected chi connectivity index (χ1v) is 6.66. The quantitative estimate of drug-likeness (QED) is 0.906.